The average molecular weight is 431 g/mol. The molecule has 4 rings (SSSR count). The van der Waals surface area contributed by atoms with Crippen molar-refractivity contribution in [3.05, 3.63) is 47.0 Å². The molecule has 1 atom stereocenters. The van der Waals surface area contributed by atoms with Gasteiger partial charge < -0.3 is 19.6 Å². The second-order valence-electron chi connectivity index (χ2n) is 7.76. The molecule has 0 aliphatic carbocycles. The molecular formula is C22H25ClN3O4+. The van der Waals surface area contributed by atoms with Crippen LogP contribution in [0.3, 0.4) is 0 Å². The summed E-state index contributed by atoms with van der Waals surface area (Å²) in [5.74, 6) is 0.262. The van der Waals surface area contributed by atoms with E-state index in [9.17, 15) is 14.7 Å². The number of benzene rings is 2. The molecule has 2 aromatic rings. The summed E-state index contributed by atoms with van der Waals surface area (Å²) in [5, 5.41) is 10.00. The Kier molecular flexibility index (Phi) is 5.58. The van der Waals surface area contributed by atoms with Crippen LogP contribution in [0.25, 0.3) is 0 Å². The van der Waals surface area contributed by atoms with Crippen LogP contribution in [0.1, 0.15) is 12.0 Å². The first-order chi connectivity index (χ1) is 14.4. The fourth-order valence-corrected chi connectivity index (χ4v) is 4.41. The lowest BCUT2D eigenvalue weighted by Crippen LogP contribution is -3.19. The Morgan fingerprint density at radius 1 is 1.13 bits per heavy atom. The minimum Gasteiger partial charge on any atom is -0.508 e. The van der Waals surface area contributed by atoms with Gasteiger partial charge in [0.25, 0.3) is 5.91 Å². The summed E-state index contributed by atoms with van der Waals surface area (Å²) in [4.78, 5) is 30.6. The lowest BCUT2D eigenvalue weighted by Gasteiger charge is -2.35. The molecule has 2 aliphatic heterocycles. The van der Waals surface area contributed by atoms with Gasteiger partial charge in [-0.25, -0.2) is 4.90 Å². The van der Waals surface area contributed by atoms with E-state index >= 15 is 0 Å². The number of aryl methyl sites for hydroxylation is 1. The SMILES string of the molecule is COc1cc(Cl)c(C)cc1N1C(=O)C[C@H]([NH+]2CCN(c3ccc(O)cc3)CC2)C1=O. The van der Waals surface area contributed by atoms with Crippen LogP contribution in [0, 0.1) is 6.92 Å². The monoisotopic (exact) mass is 430 g/mol. The molecule has 0 bridgehead atoms. The van der Waals surface area contributed by atoms with E-state index in [1.165, 1.54) is 12.0 Å². The lowest BCUT2D eigenvalue weighted by atomic mass is 10.1. The maximum Gasteiger partial charge on any atom is 0.292 e. The molecule has 2 N–H and O–H groups in total. The smallest absolute Gasteiger partial charge is 0.292 e. The third kappa shape index (κ3) is 3.70. The zero-order valence-corrected chi connectivity index (χ0v) is 17.8. The van der Waals surface area contributed by atoms with E-state index in [0.717, 1.165) is 42.3 Å². The molecule has 2 amide bonds. The summed E-state index contributed by atoms with van der Waals surface area (Å²) in [5.41, 5.74) is 2.29. The van der Waals surface area contributed by atoms with Gasteiger partial charge in [0, 0.05) is 16.8 Å². The summed E-state index contributed by atoms with van der Waals surface area (Å²) >= 11 is 6.18. The van der Waals surface area contributed by atoms with E-state index in [1.807, 2.05) is 19.1 Å². The van der Waals surface area contributed by atoms with Gasteiger partial charge in [-0.2, -0.15) is 0 Å². The fourth-order valence-electron chi connectivity index (χ4n) is 4.25. The predicted molar refractivity (Wildman–Crippen MR) is 115 cm³/mol. The summed E-state index contributed by atoms with van der Waals surface area (Å²) in [6.07, 6.45) is 0.193. The number of quaternary nitrogens is 1. The van der Waals surface area contributed by atoms with Crippen LogP contribution in [-0.2, 0) is 9.59 Å². The molecule has 0 spiro atoms. The quantitative estimate of drug-likeness (QED) is 0.717. The third-order valence-corrected chi connectivity index (χ3v) is 6.37. The minimum absolute atomic E-state index is 0.187. The predicted octanol–water partition coefficient (Wildman–Crippen LogP) is 1.40. The second kappa shape index (κ2) is 8.16. The number of halogens is 1. The van der Waals surface area contributed by atoms with Crippen LogP contribution in [0.2, 0.25) is 5.02 Å². The highest BCUT2D eigenvalue weighted by Gasteiger charge is 2.47. The first kappa shape index (κ1) is 20.5. The van der Waals surface area contributed by atoms with Crippen molar-refractivity contribution in [2.75, 3.05) is 43.1 Å². The number of rotatable bonds is 4. The van der Waals surface area contributed by atoms with Crippen LogP contribution < -0.4 is 19.4 Å². The molecule has 0 unspecified atom stereocenters. The van der Waals surface area contributed by atoms with Crippen LogP contribution >= 0.6 is 11.6 Å². The third-order valence-electron chi connectivity index (χ3n) is 5.96. The van der Waals surface area contributed by atoms with Gasteiger partial charge in [0.2, 0.25) is 5.91 Å². The lowest BCUT2D eigenvalue weighted by molar-refractivity contribution is -0.915. The van der Waals surface area contributed by atoms with Gasteiger partial charge in [0.15, 0.2) is 6.04 Å². The number of amides is 2. The van der Waals surface area contributed by atoms with E-state index in [1.54, 1.807) is 24.3 Å². The van der Waals surface area contributed by atoms with Crippen molar-refractivity contribution >= 4 is 34.8 Å². The number of carbonyl (C=O) groups is 2. The van der Waals surface area contributed by atoms with Gasteiger partial charge >= 0.3 is 0 Å². The molecule has 7 nitrogen and oxygen atoms in total. The number of hydrogen-bond acceptors (Lipinski definition) is 5. The van der Waals surface area contributed by atoms with Crippen LogP contribution in [0.4, 0.5) is 11.4 Å². The van der Waals surface area contributed by atoms with Crippen LogP contribution in [0.5, 0.6) is 11.5 Å². The minimum atomic E-state index is -0.389. The Labute approximate surface area is 180 Å². The van der Waals surface area contributed by atoms with Crippen molar-refractivity contribution in [1.82, 2.24) is 0 Å². The summed E-state index contributed by atoms with van der Waals surface area (Å²) in [6, 6.07) is 10.1. The number of phenols is 1. The molecule has 0 saturated carbocycles. The second-order valence-corrected chi connectivity index (χ2v) is 8.17. The standard InChI is InChI=1S/C22H24ClN3O4/c1-14-11-18(20(30-2)12-17(14)23)26-21(28)13-19(22(26)29)25-9-7-24(8-10-25)15-3-5-16(27)6-4-15/h3-6,11-12,19,27H,7-10,13H2,1-2H3/p+1/t19-/m0/s1. The number of aromatic hydroxyl groups is 1. The number of nitrogens with zero attached hydrogens (tertiary/aromatic N) is 2. The number of hydrogen-bond donors (Lipinski definition) is 2. The molecule has 2 saturated heterocycles. The fraction of sp³-hybridized carbons (Fsp3) is 0.364. The Morgan fingerprint density at radius 3 is 2.43 bits per heavy atom. The van der Waals surface area contributed by atoms with Crippen molar-refractivity contribution in [3.8, 4) is 11.5 Å². The molecule has 8 heteroatoms. The van der Waals surface area contributed by atoms with E-state index in [0.29, 0.717) is 16.5 Å². The summed E-state index contributed by atoms with van der Waals surface area (Å²) in [7, 11) is 1.50. The highest BCUT2D eigenvalue weighted by atomic mass is 35.5. The molecule has 2 aliphatic rings. The van der Waals surface area contributed by atoms with Crippen molar-refractivity contribution in [3.63, 3.8) is 0 Å². The van der Waals surface area contributed by atoms with Gasteiger partial charge in [-0.05, 0) is 42.8 Å². The largest absolute Gasteiger partial charge is 0.508 e. The Balaban J connectivity index is 1.49. The van der Waals surface area contributed by atoms with E-state index < -0.39 is 0 Å². The van der Waals surface area contributed by atoms with Gasteiger partial charge in [0.05, 0.1) is 45.4 Å². The summed E-state index contributed by atoms with van der Waals surface area (Å²) < 4.78 is 5.38. The molecule has 30 heavy (non-hydrogen) atoms. The number of anilines is 2. The Morgan fingerprint density at radius 2 is 1.80 bits per heavy atom. The van der Waals surface area contributed by atoms with E-state index in [-0.39, 0.29) is 30.0 Å². The van der Waals surface area contributed by atoms with Crippen molar-refractivity contribution < 1.29 is 24.3 Å². The van der Waals surface area contributed by atoms with Gasteiger partial charge in [-0.15, -0.1) is 0 Å². The molecule has 0 radical (unpaired) electrons. The maximum absolute atomic E-state index is 13.2. The highest BCUT2D eigenvalue weighted by Crippen LogP contribution is 2.36. The molecule has 2 heterocycles. The number of imide groups is 1. The van der Waals surface area contributed by atoms with Gasteiger partial charge in [-0.1, -0.05) is 11.6 Å². The first-order valence-corrected chi connectivity index (χ1v) is 10.4. The van der Waals surface area contributed by atoms with Crippen molar-refractivity contribution in [2.24, 2.45) is 0 Å². The number of nitrogens with one attached hydrogen (secondary N) is 1. The zero-order chi connectivity index (χ0) is 21.4. The van der Waals surface area contributed by atoms with Gasteiger partial charge in [-0.3, -0.25) is 9.59 Å². The molecule has 2 aromatic carbocycles. The summed E-state index contributed by atoms with van der Waals surface area (Å²) in [6.45, 7) is 4.91. The Bertz CT molecular complexity index is 971. The normalized spacial score (nSPS) is 20.2. The number of methoxy groups -OCH3 is 1. The van der Waals surface area contributed by atoms with Crippen molar-refractivity contribution in [1.29, 1.82) is 0 Å². The molecule has 0 aromatic heterocycles. The topological polar surface area (TPSA) is 74.5 Å². The van der Waals surface area contributed by atoms with Crippen LogP contribution in [0.15, 0.2) is 36.4 Å². The molecular weight excluding hydrogens is 406 g/mol. The van der Waals surface area contributed by atoms with E-state index in [2.05, 4.69) is 4.90 Å². The van der Waals surface area contributed by atoms with Crippen molar-refractivity contribution in [2.45, 2.75) is 19.4 Å². The number of piperazine rings is 1. The molecule has 2 fully saturated rings. The number of phenolic OH excluding ortho intramolecular Hbond substituents is 1. The Hall–Kier alpha value is -2.77. The highest BCUT2D eigenvalue weighted by molar-refractivity contribution is 6.32. The van der Waals surface area contributed by atoms with E-state index in [4.69, 9.17) is 16.3 Å². The first-order valence-electron chi connectivity index (χ1n) is 9.98. The average Bonchev–Trinajstić information content (AvgIpc) is 3.04. The van der Waals surface area contributed by atoms with Gasteiger partial charge in [0.1, 0.15) is 11.5 Å². The maximum atomic E-state index is 13.2. The zero-order valence-electron chi connectivity index (χ0n) is 17.0. The number of ether oxygens (including phenoxy) is 1. The van der Waals surface area contributed by atoms with Crippen LogP contribution in [-0.4, -0.2) is 56.3 Å². The molecule has 158 valence electrons. The number of carbonyl (C=O) groups excluding carboxylic acids is 2.